The predicted octanol–water partition coefficient (Wildman–Crippen LogP) is -2.19. The Morgan fingerprint density at radius 2 is 2.10 bits per heavy atom. The van der Waals surface area contributed by atoms with Gasteiger partial charge in [0.15, 0.2) is 11.5 Å². The van der Waals surface area contributed by atoms with Crippen molar-refractivity contribution in [1.29, 1.82) is 0 Å². The van der Waals surface area contributed by atoms with Gasteiger partial charge in [-0.05, 0) is 19.4 Å². The molecule has 0 amide bonds. The van der Waals surface area contributed by atoms with E-state index < -0.39 is 10.1 Å². The van der Waals surface area contributed by atoms with Crippen LogP contribution < -0.4 is 44.3 Å². The van der Waals surface area contributed by atoms with Crippen LogP contribution in [-0.4, -0.2) is 44.5 Å². The Morgan fingerprint density at radius 1 is 1.35 bits per heavy atom. The van der Waals surface area contributed by atoms with E-state index in [0.717, 1.165) is 11.5 Å². The second-order valence-corrected chi connectivity index (χ2v) is 6.59. The fourth-order valence-electron chi connectivity index (χ4n) is 1.75. The van der Waals surface area contributed by atoms with Gasteiger partial charge in [0.25, 0.3) is 0 Å². The summed E-state index contributed by atoms with van der Waals surface area (Å²) < 4.78 is 42.4. The van der Waals surface area contributed by atoms with Gasteiger partial charge in [0.05, 0.1) is 10.1 Å². The van der Waals surface area contributed by atoms with Crippen LogP contribution in [0.2, 0.25) is 0 Å². The zero-order valence-corrected chi connectivity index (χ0v) is 15.0. The Bertz CT molecular complexity index is 505. The average molecular weight is 329 g/mol. The summed E-state index contributed by atoms with van der Waals surface area (Å²) in [5, 5.41) is 6.97. The van der Waals surface area contributed by atoms with Crippen LogP contribution in [0.15, 0.2) is 10.8 Å². The van der Waals surface area contributed by atoms with Crippen LogP contribution >= 0.6 is 11.3 Å². The molecule has 0 saturated heterocycles. The van der Waals surface area contributed by atoms with Crippen LogP contribution in [0, 0.1) is 0 Å². The number of fused-ring (bicyclic) bond motifs is 1. The quantitative estimate of drug-likeness (QED) is 0.347. The predicted molar refractivity (Wildman–Crippen MR) is 70.9 cm³/mol. The maximum Gasteiger partial charge on any atom is 1.00 e. The monoisotopic (exact) mass is 329 g/mol. The minimum atomic E-state index is -4.08. The molecule has 9 heteroatoms. The summed E-state index contributed by atoms with van der Waals surface area (Å²) in [6.07, 6.45) is 0.999. The fraction of sp³-hybridized carbons (Fsp3) is 0.636. The number of hydrogen-bond acceptors (Lipinski definition) is 7. The summed E-state index contributed by atoms with van der Waals surface area (Å²) in [4.78, 5) is 0. The smallest absolute Gasteiger partial charge is 0.748 e. The van der Waals surface area contributed by atoms with Crippen molar-refractivity contribution in [3.63, 3.8) is 0 Å². The van der Waals surface area contributed by atoms with Gasteiger partial charge in [-0.3, -0.25) is 0 Å². The molecule has 0 radical (unpaired) electrons. The first kappa shape index (κ1) is 18.2. The van der Waals surface area contributed by atoms with E-state index in [-0.39, 0.29) is 41.4 Å². The molecule has 2 rings (SSSR count). The first-order chi connectivity index (χ1) is 9.04. The van der Waals surface area contributed by atoms with Gasteiger partial charge in [-0.2, -0.15) is 0 Å². The van der Waals surface area contributed by atoms with Crippen LogP contribution in [0.25, 0.3) is 0 Å². The minimum absolute atomic E-state index is 0. The summed E-state index contributed by atoms with van der Waals surface area (Å²) in [5.74, 6) is 1.28. The van der Waals surface area contributed by atoms with Gasteiger partial charge in [0.1, 0.15) is 12.7 Å². The zero-order valence-electron chi connectivity index (χ0n) is 11.3. The minimum Gasteiger partial charge on any atom is -0.748 e. The number of nitrogens with one attached hydrogen (secondary N) is 1. The Morgan fingerprint density at radius 3 is 2.85 bits per heavy atom. The van der Waals surface area contributed by atoms with Gasteiger partial charge in [-0.1, -0.05) is 0 Å². The topological polar surface area (TPSA) is 87.7 Å². The van der Waals surface area contributed by atoms with E-state index in [1.54, 1.807) is 0 Å². The van der Waals surface area contributed by atoms with Gasteiger partial charge in [-0.25, -0.2) is 8.42 Å². The molecule has 1 atom stereocenters. The number of ether oxygens (including phenoxy) is 2. The van der Waals surface area contributed by atoms with E-state index in [0.29, 0.717) is 32.5 Å². The third-order valence-corrected chi connectivity index (χ3v) is 4.17. The molecular formula is C11H16NNaO5S2. The van der Waals surface area contributed by atoms with E-state index in [4.69, 9.17) is 9.47 Å². The van der Waals surface area contributed by atoms with Crippen molar-refractivity contribution >= 4 is 21.5 Å². The zero-order chi connectivity index (χ0) is 13.7. The first-order valence-electron chi connectivity index (χ1n) is 6.04. The van der Waals surface area contributed by atoms with E-state index in [1.807, 2.05) is 10.8 Å². The van der Waals surface area contributed by atoms with Crippen molar-refractivity contribution in [2.75, 3.05) is 25.4 Å². The number of hydrogen-bond donors (Lipinski definition) is 1. The van der Waals surface area contributed by atoms with Gasteiger partial charge >= 0.3 is 29.6 Å². The molecule has 0 aromatic carbocycles. The molecule has 1 aromatic rings. The molecular weight excluding hydrogens is 313 g/mol. The molecule has 2 heterocycles. The van der Waals surface area contributed by atoms with Gasteiger partial charge in [0, 0.05) is 23.1 Å². The third-order valence-electron chi connectivity index (χ3n) is 2.68. The Balaban J connectivity index is 0.00000200. The normalized spacial score (nSPS) is 17.6. The fourth-order valence-corrected chi connectivity index (χ4v) is 2.98. The Hall–Kier alpha value is 0.170. The van der Waals surface area contributed by atoms with Crippen molar-refractivity contribution in [1.82, 2.24) is 5.32 Å². The summed E-state index contributed by atoms with van der Waals surface area (Å²) in [6.45, 7) is 1.80. The molecule has 0 bridgehead atoms. The molecule has 0 fully saturated rings. The van der Waals surface area contributed by atoms with E-state index in [2.05, 4.69) is 5.32 Å². The SMILES string of the molecule is O=S(=O)([O-])CCCCNCC1COc2cscc2O1.[Na+]. The molecule has 1 aliphatic rings. The van der Waals surface area contributed by atoms with Crippen LogP contribution in [-0.2, 0) is 10.1 Å². The number of rotatable bonds is 7. The largest absolute Gasteiger partial charge is 1.00 e. The molecule has 0 aliphatic carbocycles. The van der Waals surface area contributed by atoms with Crippen molar-refractivity contribution in [2.24, 2.45) is 0 Å². The van der Waals surface area contributed by atoms with Gasteiger partial charge < -0.3 is 19.3 Å². The molecule has 6 nitrogen and oxygen atoms in total. The Kier molecular flexibility index (Phi) is 7.81. The van der Waals surface area contributed by atoms with Crippen LogP contribution in [0.1, 0.15) is 12.8 Å². The number of unbranched alkanes of at least 4 members (excludes halogenated alkanes) is 1. The van der Waals surface area contributed by atoms with E-state index >= 15 is 0 Å². The van der Waals surface area contributed by atoms with E-state index in [9.17, 15) is 13.0 Å². The van der Waals surface area contributed by atoms with Crippen molar-refractivity contribution in [3.05, 3.63) is 10.8 Å². The Labute approximate surface area is 144 Å². The van der Waals surface area contributed by atoms with Crippen LogP contribution in [0.5, 0.6) is 11.5 Å². The van der Waals surface area contributed by atoms with Crippen LogP contribution in [0.3, 0.4) is 0 Å². The van der Waals surface area contributed by atoms with Crippen molar-refractivity contribution < 1.29 is 52.0 Å². The summed E-state index contributed by atoms with van der Waals surface area (Å²) >= 11 is 1.54. The van der Waals surface area contributed by atoms with Gasteiger partial charge in [-0.15, -0.1) is 11.3 Å². The standard InChI is InChI=1S/C11H17NO5S2.Na/c13-19(14,15)4-2-1-3-12-5-9-6-16-10-7-18-8-11(10)17-9;/h7-9,12H,1-6H2,(H,13,14,15);/q;+1/p-1. The maximum absolute atomic E-state index is 10.4. The molecule has 1 aromatic heterocycles. The molecule has 0 saturated carbocycles. The molecule has 20 heavy (non-hydrogen) atoms. The van der Waals surface area contributed by atoms with Crippen LogP contribution in [0.4, 0.5) is 0 Å². The molecule has 1 unspecified atom stereocenters. The summed E-state index contributed by atoms with van der Waals surface area (Å²) in [5.41, 5.74) is 0. The molecule has 1 N–H and O–H groups in total. The summed E-state index contributed by atoms with van der Waals surface area (Å²) in [6, 6.07) is 0. The molecule has 108 valence electrons. The molecule has 1 aliphatic heterocycles. The summed E-state index contributed by atoms with van der Waals surface area (Å²) in [7, 11) is -4.08. The first-order valence-corrected chi connectivity index (χ1v) is 8.56. The third kappa shape index (κ3) is 6.30. The van der Waals surface area contributed by atoms with Gasteiger partial charge in [0.2, 0.25) is 0 Å². The second-order valence-electron chi connectivity index (χ2n) is 4.32. The average Bonchev–Trinajstić information content (AvgIpc) is 2.79. The maximum atomic E-state index is 10.4. The molecule has 0 spiro atoms. The van der Waals surface area contributed by atoms with Crippen molar-refractivity contribution in [3.8, 4) is 11.5 Å². The van der Waals surface area contributed by atoms with E-state index in [1.165, 1.54) is 11.3 Å². The van der Waals surface area contributed by atoms with Crippen molar-refractivity contribution in [2.45, 2.75) is 18.9 Å². The second kappa shape index (κ2) is 8.57. The number of thiophene rings is 1.